The van der Waals surface area contributed by atoms with Crippen LogP contribution in [0, 0.1) is 12.5 Å². The van der Waals surface area contributed by atoms with E-state index in [1.807, 2.05) is 19.3 Å². The Labute approximate surface area is 70.9 Å². The lowest BCUT2D eigenvalue weighted by Gasteiger charge is -1.92. The van der Waals surface area contributed by atoms with Gasteiger partial charge in [0.1, 0.15) is 5.82 Å². The lowest BCUT2D eigenvalue weighted by Crippen LogP contribution is -1.88. The van der Waals surface area contributed by atoms with Gasteiger partial charge in [0.15, 0.2) is 0 Å². The Morgan fingerprint density at radius 2 is 1.92 bits per heavy atom. The van der Waals surface area contributed by atoms with E-state index in [2.05, 4.69) is 16.9 Å². The van der Waals surface area contributed by atoms with Crippen molar-refractivity contribution in [2.75, 3.05) is 0 Å². The van der Waals surface area contributed by atoms with Gasteiger partial charge in [0, 0.05) is 12.4 Å². The first kappa shape index (κ1) is 10.4. The minimum Gasteiger partial charge on any atom is -0.241 e. The smallest absolute Gasteiger partial charge is 0.125 e. The Balaban J connectivity index is 0.000000354. The Morgan fingerprint density at radius 3 is 2.25 bits per heavy atom. The lowest BCUT2D eigenvalue weighted by atomic mass is 10.3. The van der Waals surface area contributed by atoms with Crippen LogP contribution in [0.25, 0.3) is 10.4 Å². The summed E-state index contributed by atoms with van der Waals surface area (Å²) >= 11 is 0. The minimum absolute atomic E-state index is 0.840. The van der Waals surface area contributed by atoms with Crippen molar-refractivity contribution in [2.45, 2.75) is 20.3 Å². The number of hydrogen-bond acceptors (Lipinski definition) is 3. The fraction of sp³-hybridized carbons (Fsp3) is 0.429. The molecule has 0 unspecified atom stereocenters. The molecule has 0 saturated heterocycles. The van der Waals surface area contributed by atoms with Crippen molar-refractivity contribution in [2.24, 2.45) is 0 Å². The van der Waals surface area contributed by atoms with Crippen LogP contribution in [0.1, 0.15) is 18.3 Å². The Hall–Kier alpha value is -1.61. The molecule has 5 heteroatoms. The minimum atomic E-state index is 0.840. The second-order valence-corrected chi connectivity index (χ2v) is 2.09. The van der Waals surface area contributed by atoms with Crippen molar-refractivity contribution in [1.29, 1.82) is 5.53 Å². The number of hydrogen-bond donors (Lipinski definition) is 1. The summed E-state index contributed by atoms with van der Waals surface area (Å²) < 4.78 is 0. The number of aromatic nitrogens is 2. The van der Waals surface area contributed by atoms with Crippen LogP contribution >= 0.6 is 0 Å². The van der Waals surface area contributed by atoms with Gasteiger partial charge in [-0.15, -0.1) is 5.53 Å². The molecule has 1 N–H and O–H groups in total. The predicted octanol–water partition coefficient (Wildman–Crippen LogP) is 2.22. The normalized spacial score (nSPS) is 7.83. The summed E-state index contributed by atoms with van der Waals surface area (Å²) in [6, 6.07) is 0. The summed E-state index contributed by atoms with van der Waals surface area (Å²) in [7, 11) is 0. The van der Waals surface area contributed by atoms with Crippen molar-refractivity contribution in [3.63, 3.8) is 0 Å². The van der Waals surface area contributed by atoms with Crippen molar-refractivity contribution < 1.29 is 0 Å². The summed E-state index contributed by atoms with van der Waals surface area (Å²) in [6.45, 7) is 3.98. The molecule has 64 valence electrons. The molecule has 0 aliphatic rings. The summed E-state index contributed by atoms with van der Waals surface area (Å²) in [5, 5.41) is 0. The van der Waals surface area contributed by atoms with Gasteiger partial charge in [-0.1, -0.05) is 6.92 Å². The molecule has 0 bridgehead atoms. The molecule has 0 saturated carbocycles. The van der Waals surface area contributed by atoms with Gasteiger partial charge in [0.25, 0.3) is 0 Å². The molecule has 0 spiro atoms. The SMILES string of the molecule is CCc1cnc(C)nc1.[N-]=[N+]=N. The zero-order valence-corrected chi connectivity index (χ0v) is 7.15. The first-order valence-electron chi connectivity index (χ1n) is 3.53. The molecule has 0 aromatic carbocycles. The molecule has 0 aliphatic carbocycles. The van der Waals surface area contributed by atoms with Gasteiger partial charge in [0.05, 0.1) is 0 Å². The van der Waals surface area contributed by atoms with Gasteiger partial charge >= 0.3 is 0 Å². The van der Waals surface area contributed by atoms with Crippen LogP contribution in [-0.2, 0) is 6.42 Å². The Morgan fingerprint density at radius 1 is 1.50 bits per heavy atom. The summed E-state index contributed by atoms with van der Waals surface area (Å²) in [4.78, 5) is 9.83. The van der Waals surface area contributed by atoms with Crippen LogP contribution in [0.3, 0.4) is 0 Å². The monoisotopic (exact) mass is 165 g/mol. The fourth-order valence-corrected chi connectivity index (χ4v) is 0.602. The van der Waals surface area contributed by atoms with E-state index >= 15 is 0 Å². The molecular weight excluding hydrogens is 154 g/mol. The van der Waals surface area contributed by atoms with Gasteiger partial charge < -0.3 is 0 Å². The predicted molar refractivity (Wildman–Crippen MR) is 45.6 cm³/mol. The molecule has 5 nitrogen and oxygen atoms in total. The Bertz CT molecular complexity index is 247. The van der Waals surface area contributed by atoms with E-state index in [0.717, 1.165) is 12.2 Å². The second kappa shape index (κ2) is 6.12. The average Bonchev–Trinajstić information content (AvgIpc) is 2.07. The standard InChI is InChI=1S/C7H10N2.HN3/c1-3-7-4-8-6(2)9-5-7;1-3-2/h4-5H,3H2,1-2H3;1H. The highest BCUT2D eigenvalue weighted by Gasteiger charge is 1.87. The molecular formula is C7H11N5. The highest BCUT2D eigenvalue weighted by Crippen LogP contribution is 1.94. The molecule has 1 aromatic rings. The second-order valence-electron chi connectivity index (χ2n) is 2.09. The zero-order valence-electron chi connectivity index (χ0n) is 7.15. The number of aryl methyl sites for hydroxylation is 2. The van der Waals surface area contributed by atoms with E-state index in [0.29, 0.717) is 0 Å². The molecule has 1 heterocycles. The third-order valence-electron chi connectivity index (χ3n) is 1.24. The van der Waals surface area contributed by atoms with Crippen molar-refractivity contribution in [3.8, 4) is 0 Å². The van der Waals surface area contributed by atoms with Crippen molar-refractivity contribution in [3.05, 3.63) is 34.2 Å². The lowest BCUT2D eigenvalue weighted by molar-refractivity contribution is 0.989. The van der Waals surface area contributed by atoms with Crippen LogP contribution in [0.2, 0.25) is 0 Å². The molecule has 0 atom stereocenters. The molecule has 12 heavy (non-hydrogen) atoms. The van der Waals surface area contributed by atoms with E-state index in [1.54, 1.807) is 4.91 Å². The fourth-order valence-electron chi connectivity index (χ4n) is 0.602. The summed E-state index contributed by atoms with van der Waals surface area (Å²) in [5.41, 5.74) is 13.4. The highest BCUT2D eigenvalue weighted by molar-refractivity contribution is 5.03. The van der Waals surface area contributed by atoms with Crippen LogP contribution < -0.4 is 0 Å². The van der Waals surface area contributed by atoms with Gasteiger partial charge in [-0.3, -0.25) is 0 Å². The largest absolute Gasteiger partial charge is 0.241 e. The summed E-state index contributed by atoms with van der Waals surface area (Å²) in [6.07, 6.45) is 4.74. The molecule has 0 amide bonds. The number of rotatable bonds is 1. The van der Waals surface area contributed by atoms with Crippen LogP contribution in [0.4, 0.5) is 0 Å². The van der Waals surface area contributed by atoms with Crippen molar-refractivity contribution >= 4 is 0 Å². The van der Waals surface area contributed by atoms with E-state index in [-0.39, 0.29) is 0 Å². The van der Waals surface area contributed by atoms with Crippen LogP contribution in [-0.4, -0.2) is 9.97 Å². The van der Waals surface area contributed by atoms with Crippen LogP contribution in [0.5, 0.6) is 0 Å². The third kappa shape index (κ3) is 4.24. The zero-order chi connectivity index (χ0) is 9.40. The van der Waals surface area contributed by atoms with Gasteiger partial charge in [0.2, 0.25) is 0 Å². The maximum atomic E-state index is 6.86. The van der Waals surface area contributed by atoms with E-state index in [9.17, 15) is 0 Å². The van der Waals surface area contributed by atoms with Crippen LogP contribution in [0.15, 0.2) is 12.4 Å². The quantitative estimate of drug-likeness (QED) is 0.393. The molecule has 0 radical (unpaired) electrons. The summed E-state index contributed by atoms with van der Waals surface area (Å²) in [5.74, 6) is 0.840. The Kier molecular flexibility index (Phi) is 5.30. The number of nitrogens with one attached hydrogen (secondary N) is 1. The van der Waals surface area contributed by atoms with E-state index in [1.165, 1.54) is 5.56 Å². The van der Waals surface area contributed by atoms with Crippen molar-refractivity contribution in [1.82, 2.24) is 9.97 Å². The molecule has 1 rings (SSSR count). The maximum Gasteiger partial charge on any atom is 0.125 e. The maximum absolute atomic E-state index is 6.86. The van der Waals surface area contributed by atoms with Gasteiger partial charge in [-0.05, 0) is 29.4 Å². The highest BCUT2D eigenvalue weighted by atomic mass is 15.0. The third-order valence-corrected chi connectivity index (χ3v) is 1.24. The molecule has 1 aromatic heterocycles. The first-order valence-corrected chi connectivity index (χ1v) is 3.53. The van der Waals surface area contributed by atoms with Gasteiger partial charge in [-0.2, -0.15) is 0 Å². The van der Waals surface area contributed by atoms with E-state index in [4.69, 9.17) is 11.1 Å². The molecule has 0 aliphatic heterocycles. The molecule has 0 fully saturated rings. The van der Waals surface area contributed by atoms with Gasteiger partial charge in [-0.25, -0.2) is 9.97 Å². The number of nitrogens with zero attached hydrogens (tertiary/aromatic N) is 4. The topological polar surface area (TPSA) is 86.0 Å². The average molecular weight is 165 g/mol. The van der Waals surface area contributed by atoms with E-state index < -0.39 is 0 Å². The first-order chi connectivity index (χ1) is 5.74.